The second-order valence-electron chi connectivity index (χ2n) is 5.76. The van der Waals surface area contributed by atoms with Crippen molar-refractivity contribution in [2.24, 2.45) is 0 Å². The molecule has 2 saturated carbocycles. The third-order valence-electron chi connectivity index (χ3n) is 4.34. The fraction of sp³-hybridized carbons (Fsp3) is 0.625. The SMILES string of the molecule is COC1CCC(NCc2ccc(C3CC3)cc2)C1. The van der Waals surface area contributed by atoms with Crippen LogP contribution in [-0.4, -0.2) is 19.3 Å². The molecule has 2 nitrogen and oxygen atoms in total. The molecular formula is C16H23NO. The molecule has 0 spiro atoms. The van der Waals surface area contributed by atoms with Crippen molar-refractivity contribution in [3.05, 3.63) is 35.4 Å². The smallest absolute Gasteiger partial charge is 0.0586 e. The van der Waals surface area contributed by atoms with Crippen molar-refractivity contribution >= 4 is 0 Å². The van der Waals surface area contributed by atoms with E-state index in [0.29, 0.717) is 12.1 Å². The van der Waals surface area contributed by atoms with E-state index in [1.165, 1.54) is 36.8 Å². The molecule has 1 aromatic rings. The lowest BCUT2D eigenvalue weighted by molar-refractivity contribution is 0.107. The highest BCUT2D eigenvalue weighted by atomic mass is 16.5. The lowest BCUT2D eigenvalue weighted by Gasteiger charge is -2.13. The zero-order valence-electron chi connectivity index (χ0n) is 11.2. The average Bonchev–Trinajstić information content (AvgIpc) is 3.16. The van der Waals surface area contributed by atoms with Crippen molar-refractivity contribution in [3.63, 3.8) is 0 Å². The van der Waals surface area contributed by atoms with Crippen LogP contribution in [0.15, 0.2) is 24.3 Å². The van der Waals surface area contributed by atoms with Gasteiger partial charge >= 0.3 is 0 Å². The van der Waals surface area contributed by atoms with E-state index in [1.54, 1.807) is 0 Å². The Kier molecular flexibility index (Phi) is 3.67. The number of methoxy groups -OCH3 is 1. The summed E-state index contributed by atoms with van der Waals surface area (Å²) in [4.78, 5) is 0. The summed E-state index contributed by atoms with van der Waals surface area (Å²) < 4.78 is 5.40. The zero-order chi connectivity index (χ0) is 12.4. The van der Waals surface area contributed by atoms with E-state index in [2.05, 4.69) is 29.6 Å². The van der Waals surface area contributed by atoms with E-state index in [9.17, 15) is 0 Å². The fourth-order valence-corrected chi connectivity index (χ4v) is 2.93. The molecule has 0 saturated heterocycles. The van der Waals surface area contributed by atoms with Crippen LogP contribution in [0.4, 0.5) is 0 Å². The first-order chi connectivity index (χ1) is 8.85. The topological polar surface area (TPSA) is 21.3 Å². The largest absolute Gasteiger partial charge is 0.381 e. The molecular weight excluding hydrogens is 222 g/mol. The highest BCUT2D eigenvalue weighted by molar-refractivity contribution is 5.28. The summed E-state index contributed by atoms with van der Waals surface area (Å²) >= 11 is 0. The van der Waals surface area contributed by atoms with Crippen molar-refractivity contribution in [1.82, 2.24) is 5.32 Å². The van der Waals surface area contributed by atoms with E-state index >= 15 is 0 Å². The molecule has 0 heterocycles. The van der Waals surface area contributed by atoms with Crippen LogP contribution in [0.2, 0.25) is 0 Å². The van der Waals surface area contributed by atoms with Crippen molar-refractivity contribution in [3.8, 4) is 0 Å². The number of nitrogens with one attached hydrogen (secondary N) is 1. The van der Waals surface area contributed by atoms with Crippen LogP contribution in [0.5, 0.6) is 0 Å². The zero-order valence-corrected chi connectivity index (χ0v) is 11.2. The van der Waals surface area contributed by atoms with Gasteiger partial charge in [0, 0.05) is 19.7 Å². The summed E-state index contributed by atoms with van der Waals surface area (Å²) in [6.45, 7) is 0.992. The van der Waals surface area contributed by atoms with E-state index < -0.39 is 0 Å². The lowest BCUT2D eigenvalue weighted by atomic mass is 10.1. The molecule has 0 aliphatic heterocycles. The van der Waals surface area contributed by atoms with Crippen LogP contribution in [-0.2, 0) is 11.3 Å². The summed E-state index contributed by atoms with van der Waals surface area (Å²) in [6, 6.07) is 9.81. The molecule has 2 heteroatoms. The summed E-state index contributed by atoms with van der Waals surface area (Å²) in [5, 5.41) is 3.65. The van der Waals surface area contributed by atoms with E-state index in [1.807, 2.05) is 7.11 Å². The summed E-state index contributed by atoms with van der Waals surface area (Å²) in [5.41, 5.74) is 2.93. The number of hydrogen-bond donors (Lipinski definition) is 1. The molecule has 98 valence electrons. The molecule has 1 N–H and O–H groups in total. The van der Waals surface area contributed by atoms with Gasteiger partial charge in [0.1, 0.15) is 0 Å². The molecule has 2 fully saturated rings. The van der Waals surface area contributed by atoms with E-state index in [-0.39, 0.29) is 0 Å². The van der Waals surface area contributed by atoms with Gasteiger partial charge in [-0.05, 0) is 49.1 Å². The monoisotopic (exact) mass is 245 g/mol. The van der Waals surface area contributed by atoms with Gasteiger partial charge in [-0.2, -0.15) is 0 Å². The summed E-state index contributed by atoms with van der Waals surface area (Å²) in [5.74, 6) is 0.865. The molecule has 2 unspecified atom stereocenters. The summed E-state index contributed by atoms with van der Waals surface area (Å²) in [7, 11) is 1.82. The van der Waals surface area contributed by atoms with Crippen LogP contribution in [0.1, 0.15) is 49.1 Å². The molecule has 0 radical (unpaired) electrons. The van der Waals surface area contributed by atoms with Crippen LogP contribution < -0.4 is 5.32 Å². The highest BCUT2D eigenvalue weighted by Gasteiger charge is 2.24. The minimum Gasteiger partial charge on any atom is -0.381 e. The standard InChI is InChI=1S/C16H23NO/c1-18-16-9-8-15(10-16)17-11-12-2-4-13(5-3-12)14-6-7-14/h2-5,14-17H,6-11H2,1H3. The van der Waals surface area contributed by atoms with Gasteiger partial charge < -0.3 is 10.1 Å². The number of benzene rings is 1. The van der Waals surface area contributed by atoms with Gasteiger partial charge in [-0.1, -0.05) is 24.3 Å². The number of rotatable bonds is 5. The molecule has 2 atom stereocenters. The number of hydrogen-bond acceptors (Lipinski definition) is 2. The Labute approximate surface area is 110 Å². The second-order valence-corrected chi connectivity index (χ2v) is 5.76. The van der Waals surface area contributed by atoms with Gasteiger partial charge in [-0.3, -0.25) is 0 Å². The first kappa shape index (κ1) is 12.2. The van der Waals surface area contributed by atoms with Gasteiger partial charge in [0.05, 0.1) is 6.10 Å². The van der Waals surface area contributed by atoms with Crippen LogP contribution in [0.25, 0.3) is 0 Å². The number of ether oxygens (including phenoxy) is 1. The van der Waals surface area contributed by atoms with Gasteiger partial charge in [0.2, 0.25) is 0 Å². The second kappa shape index (κ2) is 5.41. The van der Waals surface area contributed by atoms with E-state index in [4.69, 9.17) is 4.74 Å². The molecule has 2 aliphatic rings. The normalized spacial score (nSPS) is 27.6. The Balaban J connectivity index is 1.47. The molecule has 0 bridgehead atoms. The molecule has 1 aromatic carbocycles. The van der Waals surface area contributed by atoms with Gasteiger partial charge in [-0.25, -0.2) is 0 Å². The third-order valence-corrected chi connectivity index (χ3v) is 4.34. The van der Waals surface area contributed by atoms with Crippen molar-refractivity contribution in [2.45, 2.75) is 56.7 Å². The minimum absolute atomic E-state index is 0.472. The quantitative estimate of drug-likeness (QED) is 0.860. The fourth-order valence-electron chi connectivity index (χ4n) is 2.93. The van der Waals surface area contributed by atoms with Crippen LogP contribution >= 0.6 is 0 Å². The van der Waals surface area contributed by atoms with Crippen LogP contribution in [0, 0.1) is 0 Å². The van der Waals surface area contributed by atoms with E-state index in [0.717, 1.165) is 18.9 Å². The molecule has 0 amide bonds. The van der Waals surface area contributed by atoms with Gasteiger partial charge in [0.25, 0.3) is 0 Å². The maximum atomic E-state index is 5.40. The molecule has 3 rings (SSSR count). The minimum atomic E-state index is 0.472. The maximum Gasteiger partial charge on any atom is 0.0586 e. The Morgan fingerprint density at radius 2 is 1.89 bits per heavy atom. The first-order valence-corrected chi connectivity index (χ1v) is 7.20. The predicted molar refractivity (Wildman–Crippen MR) is 73.7 cm³/mol. The highest BCUT2D eigenvalue weighted by Crippen LogP contribution is 2.39. The van der Waals surface area contributed by atoms with Gasteiger partial charge in [0.15, 0.2) is 0 Å². The Morgan fingerprint density at radius 1 is 1.11 bits per heavy atom. The lowest BCUT2D eigenvalue weighted by Crippen LogP contribution is -2.26. The third kappa shape index (κ3) is 2.93. The molecule has 18 heavy (non-hydrogen) atoms. The maximum absolute atomic E-state index is 5.40. The molecule has 0 aromatic heterocycles. The molecule has 2 aliphatic carbocycles. The van der Waals surface area contributed by atoms with Gasteiger partial charge in [-0.15, -0.1) is 0 Å². The van der Waals surface area contributed by atoms with Crippen molar-refractivity contribution in [1.29, 1.82) is 0 Å². The first-order valence-electron chi connectivity index (χ1n) is 7.20. The Bertz CT molecular complexity index is 383. The predicted octanol–water partition coefficient (Wildman–Crippen LogP) is 3.22. The van der Waals surface area contributed by atoms with Crippen molar-refractivity contribution in [2.75, 3.05) is 7.11 Å². The van der Waals surface area contributed by atoms with Crippen molar-refractivity contribution < 1.29 is 4.74 Å². The average molecular weight is 245 g/mol. The Hall–Kier alpha value is -0.860. The Morgan fingerprint density at radius 3 is 2.50 bits per heavy atom. The van der Waals surface area contributed by atoms with Crippen LogP contribution in [0.3, 0.4) is 0 Å². The summed E-state index contributed by atoms with van der Waals surface area (Å²) in [6.07, 6.45) is 6.86.